The Kier molecular flexibility index (Phi) is 9.38. The highest BCUT2D eigenvalue weighted by molar-refractivity contribution is 5.96. The van der Waals surface area contributed by atoms with Crippen molar-refractivity contribution < 1.29 is 10.2 Å². The third-order valence-corrected chi connectivity index (χ3v) is 12.2. The van der Waals surface area contributed by atoms with Gasteiger partial charge in [-0.05, 0) is 131 Å². The number of aliphatic hydroxyl groups is 1. The lowest BCUT2D eigenvalue weighted by Crippen LogP contribution is -2.22. The monoisotopic (exact) mass is 776 g/mol. The maximum atomic E-state index is 10.6. The number of benzene rings is 8. The number of para-hydroxylation sites is 1. The minimum atomic E-state index is -0.322. The number of fused-ring (bicyclic) bond motifs is 6. The second-order valence-corrected chi connectivity index (χ2v) is 15.7. The van der Waals surface area contributed by atoms with E-state index in [-0.39, 0.29) is 11.2 Å². The molecule has 0 aliphatic heterocycles. The summed E-state index contributed by atoms with van der Waals surface area (Å²) in [5.74, 6) is 0.662. The minimum absolute atomic E-state index is 0.233. The quantitative estimate of drug-likeness (QED) is 0.177. The van der Waals surface area contributed by atoms with Gasteiger partial charge in [0.1, 0.15) is 5.75 Å². The Morgan fingerprint density at radius 3 is 1.77 bits per heavy atom. The second-order valence-electron chi connectivity index (χ2n) is 15.7. The molecule has 2 aliphatic rings. The zero-order valence-electron chi connectivity index (χ0n) is 33.4. The van der Waals surface area contributed by atoms with Crippen LogP contribution in [0, 0.1) is 0 Å². The maximum absolute atomic E-state index is 10.6. The average molecular weight is 777 g/mol. The summed E-state index contributed by atoms with van der Waals surface area (Å²) in [6.45, 7) is 2.34. The molecule has 0 bridgehead atoms. The van der Waals surface area contributed by atoms with Crippen molar-refractivity contribution in [3.05, 3.63) is 240 Å². The zero-order chi connectivity index (χ0) is 40.6. The fourth-order valence-electron chi connectivity index (χ4n) is 9.25. The molecular formula is C56H44N2O2. The summed E-state index contributed by atoms with van der Waals surface area (Å²) in [4.78, 5) is 2.27. The standard InChI is InChI=1S/C50H38N2O2.C6H6/c1-50(35-10-4-2-5-11-35)46-15-9-8-14-42(46)43-27-23-39(31-47(43)50)51(38-21-24-40(53)25-22-38)37-19-16-33(17-20-37)34-18-28-48-44(30-34)45-32-41(54)26-29-49(45)52(48)36-12-6-3-7-13-36;1-2-4-6-5-3-1/h2-25,27-28,30-32,53-54H,26,29H2,1H3;1-6H. The van der Waals surface area contributed by atoms with Crippen molar-refractivity contribution in [1.82, 2.24) is 4.57 Å². The van der Waals surface area contributed by atoms with E-state index in [0.29, 0.717) is 12.2 Å². The van der Waals surface area contributed by atoms with Gasteiger partial charge in [-0.2, -0.15) is 0 Å². The highest BCUT2D eigenvalue weighted by Gasteiger charge is 2.41. The van der Waals surface area contributed by atoms with E-state index in [4.69, 9.17) is 0 Å². The molecule has 60 heavy (non-hydrogen) atoms. The molecule has 0 radical (unpaired) electrons. The smallest absolute Gasteiger partial charge is 0.115 e. The number of hydrogen-bond acceptors (Lipinski definition) is 3. The van der Waals surface area contributed by atoms with Gasteiger partial charge in [0.05, 0.1) is 11.3 Å². The molecule has 0 spiro atoms. The molecule has 2 N–H and O–H groups in total. The van der Waals surface area contributed by atoms with Crippen LogP contribution in [0.4, 0.5) is 17.1 Å². The molecule has 0 saturated heterocycles. The summed E-state index contributed by atoms with van der Waals surface area (Å²) in [5.41, 5.74) is 15.9. The molecule has 0 amide bonds. The summed E-state index contributed by atoms with van der Waals surface area (Å²) in [7, 11) is 0. The average Bonchev–Trinajstić information content (AvgIpc) is 3.77. The Bertz CT molecular complexity index is 2960. The van der Waals surface area contributed by atoms with Gasteiger partial charge in [0, 0.05) is 51.2 Å². The summed E-state index contributed by atoms with van der Waals surface area (Å²) < 4.78 is 2.34. The first-order chi connectivity index (χ1) is 29.5. The van der Waals surface area contributed by atoms with Crippen LogP contribution >= 0.6 is 0 Å². The molecule has 290 valence electrons. The molecule has 0 fully saturated rings. The van der Waals surface area contributed by atoms with E-state index < -0.39 is 0 Å². The van der Waals surface area contributed by atoms with Crippen molar-refractivity contribution in [3.63, 3.8) is 0 Å². The fourth-order valence-corrected chi connectivity index (χ4v) is 9.25. The lowest BCUT2D eigenvalue weighted by atomic mass is 9.74. The van der Waals surface area contributed by atoms with Gasteiger partial charge in [-0.3, -0.25) is 0 Å². The number of aromatic nitrogens is 1. The van der Waals surface area contributed by atoms with Crippen molar-refractivity contribution in [2.45, 2.75) is 25.2 Å². The van der Waals surface area contributed by atoms with E-state index in [2.05, 4.69) is 156 Å². The third kappa shape index (κ3) is 6.43. The first-order valence-electron chi connectivity index (χ1n) is 20.6. The van der Waals surface area contributed by atoms with Gasteiger partial charge in [-0.15, -0.1) is 0 Å². The van der Waals surface area contributed by atoms with Crippen molar-refractivity contribution in [2.24, 2.45) is 0 Å². The Hall–Kier alpha value is -7.56. The lowest BCUT2D eigenvalue weighted by molar-refractivity contribution is 0.390. The highest BCUT2D eigenvalue weighted by Crippen LogP contribution is 2.54. The Morgan fingerprint density at radius 2 is 1.07 bits per heavy atom. The molecule has 11 rings (SSSR count). The van der Waals surface area contributed by atoms with E-state index >= 15 is 0 Å². The number of aliphatic hydroxyl groups excluding tert-OH is 1. The van der Waals surface area contributed by atoms with Crippen molar-refractivity contribution in [1.29, 1.82) is 0 Å². The predicted molar refractivity (Wildman–Crippen MR) is 248 cm³/mol. The summed E-state index contributed by atoms with van der Waals surface area (Å²) in [6, 6.07) is 71.7. The third-order valence-electron chi connectivity index (χ3n) is 12.2. The van der Waals surface area contributed by atoms with Gasteiger partial charge in [-0.1, -0.05) is 133 Å². The summed E-state index contributed by atoms with van der Waals surface area (Å²) in [5, 5.41) is 22.0. The summed E-state index contributed by atoms with van der Waals surface area (Å²) >= 11 is 0. The molecule has 2 aliphatic carbocycles. The number of anilines is 3. The molecule has 1 atom stereocenters. The van der Waals surface area contributed by atoms with Crippen LogP contribution in [0.5, 0.6) is 5.75 Å². The van der Waals surface area contributed by atoms with Crippen LogP contribution in [-0.4, -0.2) is 14.8 Å². The Labute approximate surface area is 351 Å². The normalized spacial score (nSPS) is 14.9. The van der Waals surface area contributed by atoms with E-state index in [1.807, 2.05) is 60.7 Å². The number of nitrogens with zero attached hydrogens (tertiary/aromatic N) is 2. The van der Waals surface area contributed by atoms with Crippen LogP contribution in [-0.2, 0) is 11.8 Å². The first-order valence-corrected chi connectivity index (χ1v) is 20.6. The van der Waals surface area contributed by atoms with E-state index in [1.54, 1.807) is 12.1 Å². The second kappa shape index (κ2) is 15.3. The number of allylic oxidation sites excluding steroid dienone is 1. The van der Waals surface area contributed by atoms with Gasteiger partial charge in [0.15, 0.2) is 0 Å². The molecule has 1 aromatic heterocycles. The van der Waals surface area contributed by atoms with Gasteiger partial charge in [0.2, 0.25) is 0 Å². The SMILES string of the molecule is CC1(c2ccccc2)c2ccccc2-c2ccc(N(c3ccc(O)cc3)c3ccc(-c4ccc5c(c4)c4c(n5-c5ccccc5)CCC(O)=C4)cc3)cc21.c1ccccc1. The molecule has 9 aromatic rings. The molecule has 1 unspecified atom stereocenters. The molecule has 8 aromatic carbocycles. The molecule has 1 heterocycles. The van der Waals surface area contributed by atoms with Crippen LogP contribution in [0.15, 0.2) is 212 Å². The minimum Gasteiger partial charge on any atom is -0.512 e. The van der Waals surface area contributed by atoms with Crippen LogP contribution in [0.3, 0.4) is 0 Å². The number of aromatic hydroxyl groups is 1. The zero-order valence-corrected chi connectivity index (χ0v) is 33.4. The number of hydrogen-bond donors (Lipinski definition) is 2. The van der Waals surface area contributed by atoms with Gasteiger partial charge >= 0.3 is 0 Å². The Morgan fingerprint density at radius 1 is 0.500 bits per heavy atom. The first kappa shape index (κ1) is 36.8. The van der Waals surface area contributed by atoms with Gasteiger partial charge < -0.3 is 19.7 Å². The lowest BCUT2D eigenvalue weighted by Gasteiger charge is -2.31. The van der Waals surface area contributed by atoms with Gasteiger partial charge in [0.25, 0.3) is 0 Å². The van der Waals surface area contributed by atoms with Crippen LogP contribution < -0.4 is 4.90 Å². The topological polar surface area (TPSA) is 48.6 Å². The van der Waals surface area contributed by atoms with E-state index in [0.717, 1.165) is 56.8 Å². The number of rotatable bonds is 6. The van der Waals surface area contributed by atoms with Crippen molar-refractivity contribution in [3.8, 4) is 33.7 Å². The molecule has 0 saturated carbocycles. The van der Waals surface area contributed by atoms with Crippen LogP contribution in [0.25, 0.3) is 44.9 Å². The van der Waals surface area contributed by atoms with Crippen molar-refractivity contribution >= 4 is 34.0 Å². The fraction of sp³-hybridized carbons (Fsp3) is 0.0714. The van der Waals surface area contributed by atoms with Crippen LogP contribution in [0.2, 0.25) is 0 Å². The number of phenolic OH excluding ortho intramolecular Hbond substituents is 1. The van der Waals surface area contributed by atoms with Crippen LogP contribution in [0.1, 0.15) is 41.3 Å². The highest BCUT2D eigenvalue weighted by atomic mass is 16.3. The number of phenols is 1. The van der Waals surface area contributed by atoms with Gasteiger partial charge in [-0.25, -0.2) is 0 Å². The van der Waals surface area contributed by atoms with E-state index in [9.17, 15) is 10.2 Å². The largest absolute Gasteiger partial charge is 0.512 e. The summed E-state index contributed by atoms with van der Waals surface area (Å²) in [6.07, 6.45) is 3.38. The predicted octanol–water partition coefficient (Wildman–Crippen LogP) is 14.3. The molecule has 4 heteroatoms. The molecular weight excluding hydrogens is 733 g/mol. The Balaban J connectivity index is 0.000000666. The van der Waals surface area contributed by atoms with E-state index in [1.165, 1.54) is 33.5 Å². The van der Waals surface area contributed by atoms with Crippen molar-refractivity contribution in [2.75, 3.05) is 4.90 Å². The maximum Gasteiger partial charge on any atom is 0.115 e. The molecule has 4 nitrogen and oxygen atoms in total.